The summed E-state index contributed by atoms with van der Waals surface area (Å²) in [7, 11) is 0. The Labute approximate surface area is 123 Å². The van der Waals surface area contributed by atoms with Gasteiger partial charge in [-0.05, 0) is 30.8 Å². The molecule has 0 fully saturated rings. The molecule has 20 heavy (non-hydrogen) atoms. The molecular formula is C11H8BrF5O2S. The number of Topliss-reactive ketones (excluding diaryl/α,β-unsaturated/α-hetero) is 1. The molecule has 0 bridgehead atoms. The van der Waals surface area contributed by atoms with Gasteiger partial charge in [0, 0.05) is 10.5 Å². The van der Waals surface area contributed by atoms with Crippen LogP contribution in [0.4, 0.5) is 22.0 Å². The van der Waals surface area contributed by atoms with E-state index in [4.69, 9.17) is 0 Å². The predicted molar refractivity (Wildman–Crippen MR) is 67.3 cm³/mol. The van der Waals surface area contributed by atoms with Crippen LogP contribution in [0.15, 0.2) is 23.1 Å². The molecule has 1 aromatic carbocycles. The van der Waals surface area contributed by atoms with Gasteiger partial charge in [0.1, 0.15) is 16.4 Å². The molecule has 0 aliphatic heterocycles. The molecule has 1 atom stereocenters. The largest absolute Gasteiger partial charge is 0.446 e. The maximum Gasteiger partial charge on any atom is 0.446 e. The van der Waals surface area contributed by atoms with E-state index >= 15 is 0 Å². The Morgan fingerprint density at radius 1 is 1.35 bits per heavy atom. The molecule has 0 saturated heterocycles. The van der Waals surface area contributed by atoms with Gasteiger partial charge in [-0.1, -0.05) is 22.0 Å². The summed E-state index contributed by atoms with van der Waals surface area (Å²) in [6.07, 6.45) is 0. The fourth-order valence-electron chi connectivity index (χ4n) is 1.39. The van der Waals surface area contributed by atoms with E-state index in [9.17, 15) is 26.7 Å². The van der Waals surface area contributed by atoms with E-state index in [0.29, 0.717) is 0 Å². The lowest BCUT2D eigenvalue weighted by atomic mass is 10.1. The van der Waals surface area contributed by atoms with E-state index in [1.807, 2.05) is 0 Å². The Balaban J connectivity index is 3.32. The van der Waals surface area contributed by atoms with Crippen LogP contribution in [0.25, 0.3) is 0 Å². The first-order valence-corrected chi connectivity index (χ1v) is 6.83. The molecule has 1 aromatic rings. The van der Waals surface area contributed by atoms with E-state index in [1.165, 1.54) is 0 Å². The minimum atomic E-state index is -4.61. The number of carbonyl (C=O) groups is 1. The van der Waals surface area contributed by atoms with Gasteiger partial charge in [-0.2, -0.15) is 22.0 Å². The summed E-state index contributed by atoms with van der Waals surface area (Å²) in [4.78, 5) is 9.79. The molecule has 0 aromatic heterocycles. The molecule has 0 amide bonds. The van der Waals surface area contributed by atoms with Crippen LogP contribution in [-0.4, -0.2) is 17.9 Å². The first-order chi connectivity index (χ1) is 9.11. The van der Waals surface area contributed by atoms with Gasteiger partial charge in [-0.25, -0.2) is 0 Å². The molecule has 0 saturated carbocycles. The number of ether oxygens (including phenoxy) is 1. The van der Waals surface area contributed by atoms with Crippen LogP contribution in [0.2, 0.25) is 0 Å². The third kappa shape index (κ3) is 4.93. The lowest BCUT2D eigenvalue weighted by Gasteiger charge is -2.18. The molecule has 112 valence electrons. The van der Waals surface area contributed by atoms with Gasteiger partial charge < -0.3 is 4.74 Å². The average molecular weight is 379 g/mol. The van der Waals surface area contributed by atoms with E-state index in [1.54, 1.807) is 0 Å². The Morgan fingerprint density at radius 2 is 1.95 bits per heavy atom. The SMILES string of the molecule is CC(=O)C(Br)c1c(OC(F)F)cccc1SC(F)(F)F. The maximum absolute atomic E-state index is 12.5. The summed E-state index contributed by atoms with van der Waals surface area (Å²) in [6, 6.07) is 3.32. The highest BCUT2D eigenvalue weighted by molar-refractivity contribution is 9.09. The van der Waals surface area contributed by atoms with Crippen molar-refractivity contribution >= 4 is 33.5 Å². The number of hydrogen-bond donors (Lipinski definition) is 0. The molecule has 0 aliphatic carbocycles. The molecule has 1 unspecified atom stereocenters. The number of halogens is 6. The molecular weight excluding hydrogens is 371 g/mol. The maximum atomic E-state index is 12.5. The van der Waals surface area contributed by atoms with Crippen molar-refractivity contribution in [2.45, 2.75) is 28.8 Å². The quantitative estimate of drug-likeness (QED) is 0.413. The normalized spacial score (nSPS) is 13.4. The van der Waals surface area contributed by atoms with Crippen molar-refractivity contribution in [3.8, 4) is 5.75 Å². The standard InChI is InChI=1S/C11H8BrF5O2S/c1-5(18)9(12)8-6(19-10(13)14)3-2-4-7(8)20-11(15,16)17/h2-4,9-10H,1H3. The molecule has 0 aliphatic rings. The van der Waals surface area contributed by atoms with Crippen LogP contribution in [-0.2, 0) is 4.79 Å². The van der Waals surface area contributed by atoms with Crippen molar-refractivity contribution in [3.05, 3.63) is 23.8 Å². The third-order valence-electron chi connectivity index (χ3n) is 2.08. The van der Waals surface area contributed by atoms with Crippen molar-refractivity contribution in [1.82, 2.24) is 0 Å². The highest BCUT2D eigenvalue weighted by Gasteiger charge is 2.33. The first-order valence-electron chi connectivity index (χ1n) is 5.10. The second-order valence-electron chi connectivity index (χ2n) is 3.57. The average Bonchev–Trinajstić information content (AvgIpc) is 2.25. The van der Waals surface area contributed by atoms with Gasteiger partial charge in [-0.3, -0.25) is 4.79 Å². The molecule has 2 nitrogen and oxygen atoms in total. The predicted octanol–water partition coefficient (Wildman–Crippen LogP) is 4.92. The fraction of sp³-hybridized carbons (Fsp3) is 0.364. The molecule has 1 rings (SSSR count). The summed E-state index contributed by atoms with van der Waals surface area (Å²) in [6.45, 7) is -2.08. The number of hydrogen-bond acceptors (Lipinski definition) is 3. The van der Waals surface area contributed by atoms with Crippen LogP contribution in [0.1, 0.15) is 17.3 Å². The minimum absolute atomic E-state index is 0.261. The lowest BCUT2D eigenvalue weighted by Crippen LogP contribution is -2.11. The van der Waals surface area contributed by atoms with Crippen molar-refractivity contribution in [1.29, 1.82) is 0 Å². The number of benzene rings is 1. The zero-order valence-corrected chi connectivity index (χ0v) is 12.3. The van der Waals surface area contributed by atoms with Crippen LogP contribution in [0, 0.1) is 0 Å². The van der Waals surface area contributed by atoms with E-state index < -0.39 is 40.2 Å². The van der Waals surface area contributed by atoms with Crippen molar-refractivity contribution in [2.24, 2.45) is 0 Å². The smallest absolute Gasteiger partial charge is 0.434 e. The third-order valence-corrected chi connectivity index (χ3v) is 3.99. The van der Waals surface area contributed by atoms with Crippen molar-refractivity contribution in [3.63, 3.8) is 0 Å². The Kier molecular flexibility index (Phi) is 5.81. The zero-order chi connectivity index (χ0) is 15.5. The van der Waals surface area contributed by atoms with E-state index in [-0.39, 0.29) is 10.5 Å². The highest BCUT2D eigenvalue weighted by atomic mass is 79.9. The first kappa shape index (κ1) is 17.2. The van der Waals surface area contributed by atoms with Gasteiger partial charge in [0.15, 0.2) is 0 Å². The second kappa shape index (κ2) is 6.75. The molecule has 9 heteroatoms. The number of carbonyl (C=O) groups excluding carboxylic acids is 1. The topological polar surface area (TPSA) is 26.3 Å². The summed E-state index contributed by atoms with van der Waals surface area (Å²) >= 11 is 2.40. The molecule has 0 heterocycles. The molecule has 0 radical (unpaired) electrons. The Morgan fingerprint density at radius 3 is 2.40 bits per heavy atom. The molecule has 0 spiro atoms. The number of thioether (sulfide) groups is 1. The van der Waals surface area contributed by atoms with Crippen LogP contribution < -0.4 is 4.74 Å². The highest BCUT2D eigenvalue weighted by Crippen LogP contribution is 2.45. The van der Waals surface area contributed by atoms with Gasteiger partial charge in [-0.15, -0.1) is 0 Å². The minimum Gasteiger partial charge on any atom is -0.434 e. The van der Waals surface area contributed by atoms with Crippen molar-refractivity contribution < 1.29 is 31.5 Å². The zero-order valence-electron chi connectivity index (χ0n) is 9.88. The van der Waals surface area contributed by atoms with Gasteiger partial charge in [0.05, 0.1) is 0 Å². The van der Waals surface area contributed by atoms with Gasteiger partial charge in [0.25, 0.3) is 0 Å². The van der Waals surface area contributed by atoms with E-state index in [0.717, 1.165) is 25.1 Å². The summed E-state index contributed by atoms with van der Waals surface area (Å²) in [5.41, 5.74) is -4.87. The number of alkyl halides is 6. The van der Waals surface area contributed by atoms with Crippen molar-refractivity contribution in [2.75, 3.05) is 0 Å². The van der Waals surface area contributed by atoms with Crippen LogP contribution in [0.5, 0.6) is 5.75 Å². The fourth-order valence-corrected chi connectivity index (χ4v) is 2.74. The van der Waals surface area contributed by atoms with Crippen LogP contribution in [0.3, 0.4) is 0 Å². The van der Waals surface area contributed by atoms with Gasteiger partial charge in [0.2, 0.25) is 0 Å². The monoisotopic (exact) mass is 378 g/mol. The lowest BCUT2D eigenvalue weighted by molar-refractivity contribution is -0.116. The number of ketones is 1. The number of rotatable bonds is 5. The van der Waals surface area contributed by atoms with Gasteiger partial charge >= 0.3 is 12.1 Å². The summed E-state index contributed by atoms with van der Waals surface area (Å²) in [5.74, 6) is -0.995. The summed E-state index contributed by atoms with van der Waals surface area (Å²) < 4.78 is 66.1. The molecule has 0 N–H and O–H groups in total. The summed E-state index contributed by atoms with van der Waals surface area (Å²) in [5, 5.41) is 0. The Bertz CT molecular complexity index is 492. The second-order valence-corrected chi connectivity index (χ2v) is 5.59. The van der Waals surface area contributed by atoms with E-state index in [2.05, 4.69) is 20.7 Å². The van der Waals surface area contributed by atoms with Crippen LogP contribution >= 0.6 is 27.7 Å². The Hall–Kier alpha value is -0.830.